The Hall–Kier alpha value is -5.12. The normalized spacial score (nSPS) is 15.6. The number of fused-ring (bicyclic) bond motifs is 3. The first-order valence-corrected chi connectivity index (χ1v) is 16.4. The van der Waals surface area contributed by atoms with Crippen LogP contribution in [-0.2, 0) is 9.59 Å². The summed E-state index contributed by atoms with van der Waals surface area (Å²) in [5, 5.41) is 9.03. The van der Waals surface area contributed by atoms with E-state index in [9.17, 15) is 18.8 Å². The van der Waals surface area contributed by atoms with Crippen LogP contribution >= 0.6 is 22.9 Å². The van der Waals surface area contributed by atoms with Gasteiger partial charge >= 0.3 is 0 Å². The summed E-state index contributed by atoms with van der Waals surface area (Å²) in [6.45, 7) is 3.71. The second-order valence-corrected chi connectivity index (χ2v) is 13.0. The van der Waals surface area contributed by atoms with Crippen LogP contribution in [0.1, 0.15) is 15.2 Å². The zero-order valence-corrected chi connectivity index (χ0v) is 28.7. The van der Waals surface area contributed by atoms with Crippen LogP contribution in [0.5, 0.6) is 5.75 Å². The highest BCUT2D eigenvalue weighted by Gasteiger charge is 2.40. The van der Waals surface area contributed by atoms with Gasteiger partial charge in [-0.2, -0.15) is 0 Å². The van der Waals surface area contributed by atoms with Crippen molar-refractivity contribution in [2.75, 3.05) is 68.2 Å². The minimum absolute atomic E-state index is 0.0756. The van der Waals surface area contributed by atoms with Gasteiger partial charge in [-0.1, -0.05) is 35.1 Å². The lowest BCUT2D eigenvalue weighted by molar-refractivity contribution is -0.128. The van der Waals surface area contributed by atoms with Gasteiger partial charge in [0.1, 0.15) is 16.7 Å². The third-order valence-electron chi connectivity index (χ3n) is 8.07. The van der Waals surface area contributed by atoms with Crippen LogP contribution in [0.15, 0.2) is 54.9 Å². The molecule has 1 saturated heterocycles. The fourth-order valence-corrected chi connectivity index (χ4v) is 6.45. The van der Waals surface area contributed by atoms with E-state index in [1.54, 1.807) is 29.3 Å². The molecule has 16 heteroatoms. The molecule has 3 aromatic heterocycles. The van der Waals surface area contributed by atoms with Gasteiger partial charge in [-0.15, -0.1) is 0 Å². The minimum atomic E-state index is -0.654. The number of hydrogen-bond acceptors (Lipinski definition) is 11. The number of benzene rings is 1. The Morgan fingerprint density at radius 3 is 2.78 bits per heavy atom. The summed E-state index contributed by atoms with van der Waals surface area (Å²) in [6.07, 6.45) is 6.44. The summed E-state index contributed by atoms with van der Waals surface area (Å²) < 4.78 is 19.7. The monoisotopic (exact) mass is 705 g/mol. The molecule has 0 saturated carbocycles. The van der Waals surface area contributed by atoms with E-state index in [1.807, 2.05) is 36.9 Å². The fourth-order valence-electron chi connectivity index (χ4n) is 5.53. The number of ether oxygens (including phenoxy) is 1. The molecule has 1 atom stereocenters. The van der Waals surface area contributed by atoms with Crippen LogP contribution in [0, 0.1) is 12.7 Å². The zero-order chi connectivity index (χ0) is 34.8. The van der Waals surface area contributed by atoms with Gasteiger partial charge in [0.2, 0.25) is 11.8 Å². The van der Waals surface area contributed by atoms with E-state index >= 15 is 0 Å². The number of aromatic nitrogens is 3. The Labute approximate surface area is 290 Å². The van der Waals surface area contributed by atoms with Gasteiger partial charge in [0.25, 0.3) is 5.91 Å². The molecule has 4 aromatic rings. The van der Waals surface area contributed by atoms with Crippen molar-refractivity contribution >= 4 is 68.8 Å². The third kappa shape index (κ3) is 7.04. The van der Waals surface area contributed by atoms with E-state index in [4.69, 9.17) is 26.3 Å². The Bertz CT molecular complexity index is 1950. The molecule has 1 fully saturated rings. The molecule has 49 heavy (non-hydrogen) atoms. The number of likely N-dealkylation sites (N-methyl/N-ethyl adjacent to an activating group) is 1. The number of piperazine rings is 1. The second kappa shape index (κ2) is 14.2. The number of rotatable bonds is 9. The summed E-state index contributed by atoms with van der Waals surface area (Å²) in [5.41, 5.74) is 2.47. The number of pyridine rings is 2. The van der Waals surface area contributed by atoms with Crippen molar-refractivity contribution in [3.63, 3.8) is 0 Å². The van der Waals surface area contributed by atoms with Crippen molar-refractivity contribution in [3.05, 3.63) is 76.2 Å². The number of methoxy groups -OCH3 is 1. The molecule has 0 aliphatic carbocycles. The first kappa shape index (κ1) is 33.8. The molecule has 1 unspecified atom stereocenters. The molecule has 0 spiro atoms. The van der Waals surface area contributed by atoms with Crippen LogP contribution in [-0.4, -0.2) is 95.9 Å². The molecule has 13 nitrogen and oxygen atoms in total. The third-order valence-corrected chi connectivity index (χ3v) is 9.30. The van der Waals surface area contributed by atoms with Crippen LogP contribution in [0.4, 0.5) is 32.5 Å². The Morgan fingerprint density at radius 1 is 1.20 bits per heavy atom. The Kier molecular flexibility index (Phi) is 9.76. The highest BCUT2D eigenvalue weighted by atomic mass is 35.5. The van der Waals surface area contributed by atoms with Gasteiger partial charge in [0.15, 0.2) is 22.5 Å². The number of carbonyl (C=O) groups excluding carboxylic acids is 3. The number of carbonyl (C=O) groups is 3. The lowest BCUT2D eigenvalue weighted by Crippen LogP contribution is -2.61. The highest BCUT2D eigenvalue weighted by molar-refractivity contribution is 7.17. The van der Waals surface area contributed by atoms with Crippen molar-refractivity contribution in [1.82, 2.24) is 24.8 Å². The molecule has 3 N–H and O–H groups in total. The van der Waals surface area contributed by atoms with E-state index in [1.165, 1.54) is 31.5 Å². The van der Waals surface area contributed by atoms with Gasteiger partial charge in [0.05, 0.1) is 41.9 Å². The molecule has 254 valence electrons. The van der Waals surface area contributed by atoms with Gasteiger partial charge < -0.3 is 35.4 Å². The highest BCUT2D eigenvalue weighted by Crippen LogP contribution is 2.40. The average molecular weight is 706 g/mol. The van der Waals surface area contributed by atoms with Crippen molar-refractivity contribution in [2.24, 2.45) is 0 Å². The topological polar surface area (TPSA) is 145 Å². The lowest BCUT2D eigenvalue weighted by atomic mass is 10.0. The van der Waals surface area contributed by atoms with E-state index in [0.717, 1.165) is 16.9 Å². The molecule has 2 aliphatic heterocycles. The van der Waals surface area contributed by atoms with Crippen LogP contribution < -0.4 is 25.6 Å². The lowest BCUT2D eigenvalue weighted by Gasteiger charge is -2.44. The molecule has 0 bridgehead atoms. The van der Waals surface area contributed by atoms with Gasteiger partial charge in [-0.25, -0.2) is 19.3 Å². The van der Waals surface area contributed by atoms with Gasteiger partial charge in [-0.3, -0.25) is 14.4 Å². The number of nitrogens with one attached hydrogen (secondary N) is 3. The Morgan fingerprint density at radius 2 is 2.02 bits per heavy atom. The standard InChI is InChI=1S/C33H33ClFN9O4S/c1-18-19(15-36-30-27(18)39-31(46)23-17-43(13-14-44(23)30)26(45)9-6-12-42(2)3)22-10-11-24(48-4)29(38-22)41-33-37-16-25(49-33)32(47)40-28-20(34)7-5-8-21(28)35/h5-11,15-16,23H,12-14,17H2,1-4H3,(H,39,46)(H,40,47)(H,37,38,41)/b9-6+. The number of nitrogens with zero attached hydrogens (tertiary/aromatic N) is 6. The van der Waals surface area contributed by atoms with E-state index < -0.39 is 17.8 Å². The van der Waals surface area contributed by atoms with E-state index in [-0.39, 0.29) is 33.9 Å². The Balaban J connectivity index is 1.20. The van der Waals surface area contributed by atoms with Crippen molar-refractivity contribution in [1.29, 1.82) is 0 Å². The molecule has 2 aliphatic rings. The number of para-hydroxylation sites is 1. The predicted molar refractivity (Wildman–Crippen MR) is 188 cm³/mol. The van der Waals surface area contributed by atoms with Gasteiger partial charge in [0, 0.05) is 37.5 Å². The van der Waals surface area contributed by atoms with E-state index in [0.29, 0.717) is 59.1 Å². The maximum atomic E-state index is 14.2. The van der Waals surface area contributed by atoms with Crippen molar-refractivity contribution in [3.8, 4) is 17.0 Å². The summed E-state index contributed by atoms with van der Waals surface area (Å²) in [7, 11) is 5.36. The van der Waals surface area contributed by atoms with Crippen molar-refractivity contribution in [2.45, 2.75) is 13.0 Å². The smallest absolute Gasteiger partial charge is 0.267 e. The predicted octanol–water partition coefficient (Wildman–Crippen LogP) is 4.79. The molecule has 3 amide bonds. The molecule has 0 radical (unpaired) electrons. The largest absolute Gasteiger partial charge is 0.493 e. The van der Waals surface area contributed by atoms with Crippen molar-refractivity contribution < 1.29 is 23.5 Å². The number of thiazole rings is 1. The minimum Gasteiger partial charge on any atom is -0.493 e. The van der Waals surface area contributed by atoms with Gasteiger partial charge in [-0.05, 0) is 50.8 Å². The molecule has 6 rings (SSSR count). The molecule has 5 heterocycles. The number of halogens is 2. The SMILES string of the molecule is COc1ccc(-c2cnc3c(c2C)NC(=O)C2CN(C(=O)/C=C/CN(C)C)CCN32)nc1Nc1ncc(C(=O)Nc2c(F)cccc2Cl)s1. The molecular weight excluding hydrogens is 673 g/mol. The summed E-state index contributed by atoms with van der Waals surface area (Å²) in [5.74, 6) is -0.171. The second-order valence-electron chi connectivity index (χ2n) is 11.6. The summed E-state index contributed by atoms with van der Waals surface area (Å²) in [4.78, 5) is 58.5. The average Bonchev–Trinajstić information content (AvgIpc) is 3.55. The quantitative estimate of drug-likeness (QED) is 0.208. The molecular formula is C33H33ClFN9O4S. The number of hydrogen-bond donors (Lipinski definition) is 3. The summed E-state index contributed by atoms with van der Waals surface area (Å²) >= 11 is 7.09. The fraction of sp³-hybridized carbons (Fsp3) is 0.273. The van der Waals surface area contributed by atoms with E-state index in [2.05, 4.69) is 20.9 Å². The van der Waals surface area contributed by atoms with Crippen LogP contribution in [0.25, 0.3) is 11.3 Å². The first-order valence-electron chi connectivity index (χ1n) is 15.2. The maximum Gasteiger partial charge on any atom is 0.267 e. The summed E-state index contributed by atoms with van der Waals surface area (Å²) in [6, 6.07) is 7.09. The first-order chi connectivity index (χ1) is 23.5. The maximum absolute atomic E-state index is 14.2. The number of amides is 3. The van der Waals surface area contributed by atoms with Crippen LogP contribution in [0.3, 0.4) is 0 Å². The zero-order valence-electron chi connectivity index (χ0n) is 27.1. The number of anilines is 5. The van der Waals surface area contributed by atoms with Crippen LogP contribution in [0.2, 0.25) is 5.02 Å². The molecule has 1 aromatic carbocycles.